The van der Waals surface area contributed by atoms with Crippen molar-refractivity contribution in [2.24, 2.45) is 0 Å². The third-order valence-corrected chi connectivity index (χ3v) is 6.40. The van der Waals surface area contributed by atoms with Crippen LogP contribution >= 0.6 is 34.5 Å². The molecule has 0 bridgehead atoms. The van der Waals surface area contributed by atoms with Gasteiger partial charge in [-0.25, -0.2) is 4.79 Å². The molecule has 1 amide bonds. The molecule has 5 nitrogen and oxygen atoms in total. The van der Waals surface area contributed by atoms with Crippen LogP contribution < -0.4 is 9.64 Å². The van der Waals surface area contributed by atoms with Crippen molar-refractivity contribution in [3.63, 3.8) is 0 Å². The van der Waals surface area contributed by atoms with Crippen molar-refractivity contribution < 1.29 is 19.4 Å². The van der Waals surface area contributed by atoms with Gasteiger partial charge in [0.15, 0.2) is 0 Å². The zero-order valence-electron chi connectivity index (χ0n) is 17.1. The molecule has 1 N–H and O–H groups in total. The molecule has 0 spiro atoms. The van der Waals surface area contributed by atoms with E-state index in [-0.39, 0.29) is 22.2 Å². The highest BCUT2D eigenvalue weighted by Crippen LogP contribution is 2.44. The molecule has 1 heterocycles. The summed E-state index contributed by atoms with van der Waals surface area (Å²) in [5, 5.41) is 10.0. The minimum atomic E-state index is -1.46. The van der Waals surface area contributed by atoms with E-state index in [2.05, 4.69) is 0 Å². The van der Waals surface area contributed by atoms with Crippen LogP contribution in [0.1, 0.15) is 15.9 Å². The van der Waals surface area contributed by atoms with Crippen LogP contribution in [0.25, 0.3) is 10.4 Å². The fraction of sp³-hybridized carbons (Fsp3) is 0.0400. The number of benzene rings is 3. The largest absolute Gasteiger partial charge is 0.512 e. The standard InChI is InChI=1S/C25H17Cl2NO4S/c26-18-11-12-19(20(27)13-18)23(29)28(15-16-7-3-1-4-8-16)21-14-22(17-9-5-2-6-10-17)33-24(21)32-25(30)31/h1-14H,15H2,(H,30,31). The Hall–Kier alpha value is -3.32. The van der Waals surface area contributed by atoms with Gasteiger partial charge in [-0.15, -0.1) is 0 Å². The molecule has 3 aromatic carbocycles. The van der Waals surface area contributed by atoms with Gasteiger partial charge >= 0.3 is 6.16 Å². The summed E-state index contributed by atoms with van der Waals surface area (Å²) >= 11 is 13.5. The predicted molar refractivity (Wildman–Crippen MR) is 132 cm³/mol. The molecule has 0 saturated carbocycles. The van der Waals surface area contributed by atoms with E-state index in [9.17, 15) is 14.7 Å². The molecule has 0 fully saturated rings. The third-order valence-electron chi connectivity index (χ3n) is 4.80. The molecule has 8 heteroatoms. The number of halogens is 2. The molecule has 166 valence electrons. The van der Waals surface area contributed by atoms with Gasteiger partial charge in [0.25, 0.3) is 5.91 Å². The number of thiophene rings is 1. The van der Waals surface area contributed by atoms with Crippen LogP contribution in [0.5, 0.6) is 5.06 Å². The van der Waals surface area contributed by atoms with Gasteiger partial charge in [0, 0.05) is 9.90 Å². The van der Waals surface area contributed by atoms with Crippen LogP contribution in [-0.2, 0) is 6.54 Å². The van der Waals surface area contributed by atoms with Crippen LogP contribution in [0.3, 0.4) is 0 Å². The molecule has 0 atom stereocenters. The smallest absolute Gasteiger partial charge is 0.449 e. The molecular formula is C25H17Cl2NO4S. The molecule has 0 aliphatic rings. The molecule has 0 saturated heterocycles. The summed E-state index contributed by atoms with van der Waals surface area (Å²) in [4.78, 5) is 27.3. The predicted octanol–water partition coefficient (Wildman–Crippen LogP) is 7.63. The summed E-state index contributed by atoms with van der Waals surface area (Å²) < 4.78 is 5.09. The maximum absolute atomic E-state index is 13.7. The minimum absolute atomic E-state index is 0.0933. The van der Waals surface area contributed by atoms with Gasteiger partial charge in [0.2, 0.25) is 5.06 Å². The summed E-state index contributed by atoms with van der Waals surface area (Å²) in [6, 6.07) is 25.2. The first-order chi connectivity index (χ1) is 15.9. The summed E-state index contributed by atoms with van der Waals surface area (Å²) in [5.74, 6) is -0.409. The molecule has 33 heavy (non-hydrogen) atoms. The minimum Gasteiger partial charge on any atom is -0.449 e. The van der Waals surface area contributed by atoms with Gasteiger partial charge in [-0.2, -0.15) is 0 Å². The van der Waals surface area contributed by atoms with E-state index in [1.807, 2.05) is 60.7 Å². The lowest BCUT2D eigenvalue weighted by Crippen LogP contribution is -2.30. The molecule has 4 aromatic rings. The summed E-state index contributed by atoms with van der Waals surface area (Å²) in [7, 11) is 0. The lowest BCUT2D eigenvalue weighted by Gasteiger charge is -2.23. The van der Waals surface area contributed by atoms with Crippen molar-refractivity contribution in [2.75, 3.05) is 4.90 Å². The van der Waals surface area contributed by atoms with Crippen molar-refractivity contribution >= 4 is 52.3 Å². The number of anilines is 1. The number of carbonyl (C=O) groups is 2. The lowest BCUT2D eigenvalue weighted by molar-refractivity contribution is 0.0983. The van der Waals surface area contributed by atoms with E-state index in [1.54, 1.807) is 18.2 Å². The highest BCUT2D eigenvalue weighted by atomic mass is 35.5. The van der Waals surface area contributed by atoms with Crippen molar-refractivity contribution in [3.05, 3.63) is 106 Å². The molecule has 0 aliphatic carbocycles. The van der Waals surface area contributed by atoms with Gasteiger partial charge in [0.1, 0.15) is 0 Å². The van der Waals surface area contributed by atoms with E-state index >= 15 is 0 Å². The Morgan fingerprint density at radius 2 is 1.58 bits per heavy atom. The first-order valence-corrected chi connectivity index (χ1v) is 11.4. The van der Waals surface area contributed by atoms with Crippen LogP contribution in [0.15, 0.2) is 84.9 Å². The van der Waals surface area contributed by atoms with E-state index in [0.717, 1.165) is 27.3 Å². The van der Waals surface area contributed by atoms with Gasteiger partial charge in [-0.3, -0.25) is 9.69 Å². The fourth-order valence-electron chi connectivity index (χ4n) is 3.29. The Balaban J connectivity index is 1.84. The Morgan fingerprint density at radius 3 is 2.21 bits per heavy atom. The molecule has 0 aliphatic heterocycles. The number of carboxylic acid groups (broad SMARTS) is 1. The number of nitrogens with zero attached hydrogens (tertiary/aromatic N) is 1. The topological polar surface area (TPSA) is 66.8 Å². The normalized spacial score (nSPS) is 10.6. The van der Waals surface area contributed by atoms with Crippen LogP contribution in [-0.4, -0.2) is 17.2 Å². The maximum atomic E-state index is 13.7. The first kappa shape index (κ1) is 22.9. The highest BCUT2D eigenvalue weighted by molar-refractivity contribution is 7.18. The van der Waals surface area contributed by atoms with Crippen LogP contribution in [0.4, 0.5) is 10.5 Å². The zero-order chi connectivity index (χ0) is 23.4. The number of hydrogen-bond donors (Lipinski definition) is 1. The SMILES string of the molecule is O=C(O)Oc1sc(-c2ccccc2)cc1N(Cc1ccccc1)C(=O)c1ccc(Cl)cc1Cl. The second-order valence-corrected chi connectivity index (χ2v) is 8.88. The van der Waals surface area contributed by atoms with Crippen LogP contribution in [0.2, 0.25) is 10.0 Å². The highest BCUT2D eigenvalue weighted by Gasteiger charge is 2.27. The second kappa shape index (κ2) is 10.1. The Kier molecular flexibility index (Phi) is 6.99. The fourth-order valence-corrected chi connectivity index (χ4v) is 4.79. The lowest BCUT2D eigenvalue weighted by atomic mass is 10.1. The maximum Gasteiger partial charge on any atom is 0.512 e. The molecular weight excluding hydrogens is 481 g/mol. The number of ether oxygens (including phenoxy) is 1. The van der Waals surface area contributed by atoms with Crippen molar-refractivity contribution in [2.45, 2.75) is 6.54 Å². The summed E-state index contributed by atoms with van der Waals surface area (Å²) in [6.45, 7) is 0.180. The van der Waals surface area contributed by atoms with E-state index in [1.165, 1.54) is 11.0 Å². The second-order valence-electron chi connectivity index (χ2n) is 7.02. The quantitative estimate of drug-likeness (QED) is 0.278. The molecule has 0 unspecified atom stereocenters. The number of hydrogen-bond acceptors (Lipinski definition) is 4. The Morgan fingerprint density at radius 1 is 0.909 bits per heavy atom. The number of carbonyl (C=O) groups excluding carboxylic acids is 1. The summed E-state index contributed by atoms with van der Waals surface area (Å²) in [5.41, 5.74) is 2.30. The number of amides is 1. The number of rotatable bonds is 6. The van der Waals surface area contributed by atoms with Crippen molar-refractivity contribution in [3.8, 4) is 15.5 Å². The van der Waals surface area contributed by atoms with Crippen molar-refractivity contribution in [1.29, 1.82) is 0 Å². The monoisotopic (exact) mass is 497 g/mol. The molecule has 0 radical (unpaired) electrons. The average molecular weight is 498 g/mol. The van der Waals surface area contributed by atoms with Gasteiger partial charge in [0.05, 0.1) is 22.8 Å². The van der Waals surface area contributed by atoms with Gasteiger partial charge < -0.3 is 9.84 Å². The Bertz CT molecular complexity index is 1290. The first-order valence-electron chi connectivity index (χ1n) is 9.83. The van der Waals surface area contributed by atoms with Gasteiger partial charge in [-0.1, -0.05) is 95.2 Å². The third kappa shape index (κ3) is 5.37. The summed E-state index contributed by atoms with van der Waals surface area (Å²) in [6.07, 6.45) is -1.46. The average Bonchev–Trinajstić information content (AvgIpc) is 3.21. The van der Waals surface area contributed by atoms with Crippen molar-refractivity contribution in [1.82, 2.24) is 0 Å². The zero-order valence-corrected chi connectivity index (χ0v) is 19.4. The van der Waals surface area contributed by atoms with E-state index in [4.69, 9.17) is 27.9 Å². The van der Waals surface area contributed by atoms with E-state index < -0.39 is 12.1 Å². The Labute approximate surface area is 204 Å². The van der Waals surface area contributed by atoms with Gasteiger partial charge in [-0.05, 0) is 35.4 Å². The van der Waals surface area contributed by atoms with E-state index in [0.29, 0.717) is 10.7 Å². The molecule has 4 rings (SSSR count). The van der Waals surface area contributed by atoms with Crippen LogP contribution in [0, 0.1) is 0 Å². The molecule has 1 aromatic heterocycles.